The molecule has 1 aromatic rings. The van der Waals surface area contributed by atoms with E-state index in [2.05, 4.69) is 11.0 Å². The van der Waals surface area contributed by atoms with Crippen LogP contribution in [0.5, 0.6) is 5.75 Å². The van der Waals surface area contributed by atoms with Gasteiger partial charge in [-0.3, -0.25) is 0 Å². The molecule has 0 amide bonds. The molecule has 1 aromatic carbocycles. The van der Waals surface area contributed by atoms with Crippen LogP contribution >= 0.6 is 11.6 Å². The first kappa shape index (κ1) is 13.2. The lowest BCUT2D eigenvalue weighted by molar-refractivity contribution is 0.263. The molecule has 0 saturated carbocycles. The molecule has 0 radical (unpaired) electrons. The average molecular weight is 265 g/mol. The zero-order valence-electron chi connectivity index (χ0n) is 10.4. The minimum atomic E-state index is 0.431. The molecule has 2 rings (SSSR count). The van der Waals surface area contributed by atoms with Crippen molar-refractivity contribution in [1.82, 2.24) is 4.90 Å². The summed E-state index contributed by atoms with van der Waals surface area (Å²) in [6, 6.07) is 7.38. The Bertz CT molecular complexity index is 436. The van der Waals surface area contributed by atoms with Crippen molar-refractivity contribution in [2.75, 3.05) is 26.2 Å². The molecule has 0 N–H and O–H groups in total. The molecule has 18 heavy (non-hydrogen) atoms. The van der Waals surface area contributed by atoms with E-state index in [9.17, 15) is 0 Å². The Morgan fingerprint density at radius 2 is 2.11 bits per heavy atom. The maximum absolute atomic E-state index is 9.01. The van der Waals surface area contributed by atoms with E-state index in [0.29, 0.717) is 22.9 Å². The first-order valence-electron chi connectivity index (χ1n) is 6.35. The van der Waals surface area contributed by atoms with E-state index in [0.717, 1.165) is 13.0 Å². The predicted octanol–water partition coefficient (Wildman–Crippen LogP) is 3.08. The largest absolute Gasteiger partial charge is 0.492 e. The molecule has 3 nitrogen and oxygen atoms in total. The van der Waals surface area contributed by atoms with E-state index in [1.807, 2.05) is 0 Å². The molecule has 0 aromatic heterocycles. The third-order valence-electron chi connectivity index (χ3n) is 3.16. The van der Waals surface area contributed by atoms with Crippen LogP contribution in [0, 0.1) is 11.3 Å². The summed E-state index contributed by atoms with van der Waals surface area (Å²) in [5.41, 5.74) is 0.431. The quantitative estimate of drug-likeness (QED) is 0.767. The van der Waals surface area contributed by atoms with Crippen molar-refractivity contribution in [3.05, 3.63) is 28.8 Å². The van der Waals surface area contributed by atoms with Crippen molar-refractivity contribution in [3.63, 3.8) is 0 Å². The molecule has 4 heteroatoms. The van der Waals surface area contributed by atoms with Gasteiger partial charge in [0.2, 0.25) is 0 Å². The van der Waals surface area contributed by atoms with Gasteiger partial charge in [0, 0.05) is 6.54 Å². The van der Waals surface area contributed by atoms with Gasteiger partial charge in [-0.05, 0) is 44.5 Å². The predicted molar refractivity (Wildman–Crippen MR) is 72.0 cm³/mol. The van der Waals surface area contributed by atoms with Gasteiger partial charge in [0.05, 0.1) is 11.6 Å². The van der Waals surface area contributed by atoms with Crippen LogP contribution in [0.1, 0.15) is 24.8 Å². The van der Waals surface area contributed by atoms with Crippen molar-refractivity contribution in [2.45, 2.75) is 19.3 Å². The molecule has 1 aliphatic heterocycles. The van der Waals surface area contributed by atoms with Gasteiger partial charge in [0.15, 0.2) is 0 Å². The third kappa shape index (κ3) is 3.38. The number of ether oxygens (including phenoxy) is 1. The summed E-state index contributed by atoms with van der Waals surface area (Å²) >= 11 is 5.94. The van der Waals surface area contributed by atoms with Crippen molar-refractivity contribution >= 4 is 11.6 Å². The average Bonchev–Trinajstić information content (AvgIpc) is 2.88. The number of rotatable bonds is 5. The van der Waals surface area contributed by atoms with Crippen molar-refractivity contribution in [3.8, 4) is 11.8 Å². The summed E-state index contributed by atoms with van der Waals surface area (Å²) in [4.78, 5) is 2.45. The highest BCUT2D eigenvalue weighted by Crippen LogP contribution is 2.25. The van der Waals surface area contributed by atoms with E-state index in [1.165, 1.54) is 25.9 Å². The second kappa shape index (κ2) is 6.63. The fourth-order valence-electron chi connectivity index (χ4n) is 2.21. The van der Waals surface area contributed by atoms with Crippen molar-refractivity contribution < 1.29 is 4.74 Å². The molecular formula is C14H17ClN2O. The number of likely N-dealkylation sites (tertiary alicyclic amines) is 1. The molecule has 0 unspecified atom stereocenters. The lowest BCUT2D eigenvalue weighted by Gasteiger charge is -2.14. The zero-order chi connectivity index (χ0) is 12.8. The van der Waals surface area contributed by atoms with Crippen LogP contribution < -0.4 is 4.74 Å². The van der Waals surface area contributed by atoms with E-state index >= 15 is 0 Å². The minimum Gasteiger partial charge on any atom is -0.492 e. The zero-order valence-corrected chi connectivity index (χ0v) is 11.1. The topological polar surface area (TPSA) is 36.3 Å². The molecule has 0 spiro atoms. The van der Waals surface area contributed by atoms with Gasteiger partial charge in [-0.25, -0.2) is 0 Å². The molecule has 0 atom stereocenters. The van der Waals surface area contributed by atoms with Crippen LogP contribution in [0.15, 0.2) is 18.2 Å². The van der Waals surface area contributed by atoms with Gasteiger partial charge >= 0.3 is 0 Å². The molecule has 1 heterocycles. The summed E-state index contributed by atoms with van der Waals surface area (Å²) < 4.78 is 5.64. The molecule has 1 fully saturated rings. The Balaban J connectivity index is 1.79. The Kier molecular flexibility index (Phi) is 4.86. The van der Waals surface area contributed by atoms with Crippen LogP contribution in [-0.2, 0) is 0 Å². The van der Waals surface area contributed by atoms with Crippen molar-refractivity contribution in [2.24, 2.45) is 0 Å². The van der Waals surface area contributed by atoms with Gasteiger partial charge < -0.3 is 9.64 Å². The first-order valence-corrected chi connectivity index (χ1v) is 6.73. The molecule has 1 saturated heterocycles. The summed E-state index contributed by atoms with van der Waals surface area (Å²) in [5, 5.41) is 9.46. The van der Waals surface area contributed by atoms with E-state index < -0.39 is 0 Å². The number of halogens is 1. The lowest BCUT2D eigenvalue weighted by Crippen LogP contribution is -2.21. The summed E-state index contributed by atoms with van der Waals surface area (Å²) in [6.45, 7) is 4.12. The van der Waals surface area contributed by atoms with Crippen molar-refractivity contribution in [1.29, 1.82) is 5.26 Å². The van der Waals surface area contributed by atoms with Gasteiger partial charge in [-0.15, -0.1) is 0 Å². The molecule has 0 bridgehead atoms. The molecular weight excluding hydrogens is 248 g/mol. The maximum Gasteiger partial charge on any atom is 0.138 e. The van der Waals surface area contributed by atoms with E-state index in [1.54, 1.807) is 18.2 Å². The molecule has 96 valence electrons. The summed E-state index contributed by atoms with van der Waals surface area (Å²) in [6.07, 6.45) is 3.61. The van der Waals surface area contributed by atoms with Crippen LogP contribution in [0.3, 0.4) is 0 Å². The molecule has 0 aliphatic carbocycles. The van der Waals surface area contributed by atoms with Gasteiger partial charge in [0.1, 0.15) is 17.4 Å². The second-order valence-corrected chi connectivity index (χ2v) is 4.88. The fraction of sp³-hybridized carbons (Fsp3) is 0.500. The Hall–Kier alpha value is -1.24. The minimum absolute atomic E-state index is 0.431. The number of benzene rings is 1. The second-order valence-electron chi connectivity index (χ2n) is 4.48. The first-order chi connectivity index (χ1) is 8.81. The number of nitriles is 1. The number of hydrogen-bond donors (Lipinski definition) is 0. The SMILES string of the molecule is N#Cc1c(Cl)cccc1OCCCN1CCCC1. The number of nitrogens with zero attached hydrogens (tertiary/aromatic N) is 2. The Morgan fingerprint density at radius 1 is 1.33 bits per heavy atom. The fourth-order valence-corrected chi connectivity index (χ4v) is 2.42. The maximum atomic E-state index is 9.01. The van der Waals surface area contributed by atoms with Gasteiger partial charge in [0.25, 0.3) is 0 Å². The third-order valence-corrected chi connectivity index (χ3v) is 3.48. The van der Waals surface area contributed by atoms with E-state index in [4.69, 9.17) is 21.6 Å². The van der Waals surface area contributed by atoms with Gasteiger partial charge in [-0.1, -0.05) is 17.7 Å². The van der Waals surface area contributed by atoms with Crippen LogP contribution in [-0.4, -0.2) is 31.1 Å². The monoisotopic (exact) mass is 264 g/mol. The Morgan fingerprint density at radius 3 is 2.83 bits per heavy atom. The molecule has 1 aliphatic rings. The normalized spacial score (nSPS) is 15.6. The smallest absolute Gasteiger partial charge is 0.138 e. The van der Waals surface area contributed by atoms with Crippen LogP contribution in [0.25, 0.3) is 0 Å². The Labute approximate surface area is 113 Å². The highest BCUT2D eigenvalue weighted by molar-refractivity contribution is 6.31. The van der Waals surface area contributed by atoms with E-state index in [-0.39, 0.29) is 0 Å². The van der Waals surface area contributed by atoms with Crippen LogP contribution in [0.2, 0.25) is 5.02 Å². The highest BCUT2D eigenvalue weighted by Gasteiger charge is 2.11. The van der Waals surface area contributed by atoms with Crippen LogP contribution in [0.4, 0.5) is 0 Å². The number of hydrogen-bond acceptors (Lipinski definition) is 3. The highest BCUT2D eigenvalue weighted by atomic mass is 35.5. The van der Waals surface area contributed by atoms with Gasteiger partial charge in [-0.2, -0.15) is 5.26 Å². The standard InChI is InChI=1S/C14H17ClN2O/c15-13-5-3-6-14(12(13)11-16)18-10-4-9-17-7-1-2-8-17/h3,5-6H,1-2,4,7-10H2. The lowest BCUT2D eigenvalue weighted by atomic mass is 10.2. The summed E-state index contributed by atoms with van der Waals surface area (Å²) in [7, 11) is 0. The summed E-state index contributed by atoms with van der Waals surface area (Å²) in [5.74, 6) is 0.589.